The molecule has 0 unspecified atom stereocenters. The van der Waals surface area contributed by atoms with Gasteiger partial charge in [0.25, 0.3) is 0 Å². The summed E-state index contributed by atoms with van der Waals surface area (Å²) in [6.07, 6.45) is -6.33. The Morgan fingerprint density at radius 3 is 2.48 bits per heavy atom. The van der Waals surface area contributed by atoms with Gasteiger partial charge >= 0.3 is 12.1 Å². The molecule has 1 N–H and O–H groups in total. The second-order valence-corrected chi connectivity index (χ2v) is 5.45. The molecule has 0 spiro atoms. The highest BCUT2D eigenvalue weighted by Crippen LogP contribution is 2.42. The van der Waals surface area contributed by atoms with Gasteiger partial charge in [0, 0.05) is 10.6 Å². The van der Waals surface area contributed by atoms with E-state index in [1.54, 1.807) is 13.8 Å². The number of rotatable bonds is 2. The van der Waals surface area contributed by atoms with Crippen molar-refractivity contribution in [3.05, 3.63) is 33.9 Å². The number of alkyl halides is 3. The van der Waals surface area contributed by atoms with Crippen LogP contribution in [0.4, 0.5) is 13.2 Å². The summed E-state index contributed by atoms with van der Waals surface area (Å²) in [5.41, 5.74) is -0.108. The largest absolute Gasteiger partial charge is 0.478 e. The zero-order chi connectivity index (χ0) is 15.9. The summed E-state index contributed by atoms with van der Waals surface area (Å²) in [5, 5.41) is 9.28. The fraction of sp³-hybridized carbons (Fsp3) is 0.357. The molecule has 1 aliphatic rings. The second-order valence-electron chi connectivity index (χ2n) is 5.01. The number of carboxylic acids is 1. The number of benzene rings is 1. The predicted octanol–water partition coefficient (Wildman–Crippen LogP) is 4.25. The van der Waals surface area contributed by atoms with Gasteiger partial charge in [0.1, 0.15) is 5.75 Å². The van der Waals surface area contributed by atoms with Gasteiger partial charge in [-0.15, -0.1) is 0 Å². The zero-order valence-corrected chi connectivity index (χ0v) is 11.9. The fourth-order valence-electron chi connectivity index (χ4n) is 2.15. The monoisotopic (exact) mass is 320 g/mol. The summed E-state index contributed by atoms with van der Waals surface area (Å²) in [7, 11) is 0. The number of carbonyl (C=O) groups is 1. The lowest BCUT2D eigenvalue weighted by Crippen LogP contribution is -2.40. The molecule has 7 heteroatoms. The Bertz CT molecular complexity index is 621. The third kappa shape index (κ3) is 3.00. The van der Waals surface area contributed by atoms with E-state index < -0.39 is 23.8 Å². The Kier molecular flexibility index (Phi) is 3.93. The van der Waals surface area contributed by atoms with E-state index in [0.717, 1.165) is 6.08 Å². The standard InChI is InChI=1S/C14H12ClF3O3/c1-6(2)9-5-8(15)3-7-4-10(13(19)20)12(14(16,17)18)21-11(7)9/h3-6,12H,1-2H3,(H,19,20)/t12-/m0/s1. The smallest absolute Gasteiger partial charge is 0.430 e. The lowest BCUT2D eigenvalue weighted by molar-refractivity contribution is -0.187. The third-order valence-corrected chi connectivity index (χ3v) is 3.32. The summed E-state index contributed by atoms with van der Waals surface area (Å²) in [4.78, 5) is 11.0. The Hall–Kier alpha value is -1.69. The van der Waals surface area contributed by atoms with Crippen molar-refractivity contribution >= 4 is 23.6 Å². The van der Waals surface area contributed by atoms with Gasteiger partial charge in [-0.25, -0.2) is 4.79 Å². The van der Waals surface area contributed by atoms with E-state index in [-0.39, 0.29) is 17.2 Å². The van der Waals surface area contributed by atoms with Crippen LogP contribution in [0.1, 0.15) is 30.9 Å². The molecule has 1 aliphatic heterocycles. The molecule has 0 fully saturated rings. The highest BCUT2D eigenvalue weighted by molar-refractivity contribution is 6.31. The highest BCUT2D eigenvalue weighted by atomic mass is 35.5. The maximum Gasteiger partial charge on any atom is 0.430 e. The van der Waals surface area contributed by atoms with E-state index in [9.17, 15) is 18.0 Å². The molecule has 1 aromatic rings. The molecule has 1 atom stereocenters. The molecular formula is C14H12ClF3O3. The SMILES string of the molecule is CC(C)c1cc(Cl)cc2c1O[C@H](C(F)(F)F)C(C(=O)O)=C2. The number of ether oxygens (including phenoxy) is 1. The van der Waals surface area contributed by atoms with Crippen molar-refractivity contribution in [2.24, 2.45) is 0 Å². The minimum Gasteiger partial charge on any atom is -0.478 e. The summed E-state index contributed by atoms with van der Waals surface area (Å²) < 4.78 is 44.0. The third-order valence-electron chi connectivity index (χ3n) is 3.11. The van der Waals surface area contributed by atoms with E-state index in [1.807, 2.05) is 0 Å². The molecule has 21 heavy (non-hydrogen) atoms. The molecule has 0 aliphatic carbocycles. The maximum atomic E-state index is 13.0. The molecule has 0 amide bonds. The predicted molar refractivity (Wildman–Crippen MR) is 71.6 cm³/mol. The number of aliphatic carboxylic acids is 1. The second kappa shape index (κ2) is 5.26. The first-order chi connectivity index (χ1) is 9.61. The number of hydrogen-bond donors (Lipinski definition) is 1. The van der Waals surface area contributed by atoms with E-state index in [1.165, 1.54) is 12.1 Å². The van der Waals surface area contributed by atoms with Crippen LogP contribution in [0.25, 0.3) is 6.08 Å². The van der Waals surface area contributed by atoms with Crippen LogP contribution >= 0.6 is 11.6 Å². The number of hydrogen-bond acceptors (Lipinski definition) is 2. The summed E-state index contributed by atoms with van der Waals surface area (Å²) >= 11 is 5.93. The topological polar surface area (TPSA) is 46.5 Å². The molecule has 0 radical (unpaired) electrons. The van der Waals surface area contributed by atoms with Gasteiger partial charge in [-0.3, -0.25) is 0 Å². The van der Waals surface area contributed by atoms with Crippen LogP contribution in [-0.4, -0.2) is 23.4 Å². The minimum absolute atomic E-state index is 0.0294. The van der Waals surface area contributed by atoms with Gasteiger partial charge in [-0.2, -0.15) is 13.2 Å². The Labute approximate surface area is 124 Å². The molecule has 1 heterocycles. The van der Waals surface area contributed by atoms with E-state index in [0.29, 0.717) is 10.6 Å². The molecule has 0 saturated carbocycles. The lowest BCUT2D eigenvalue weighted by Gasteiger charge is -2.29. The number of halogens is 4. The fourth-order valence-corrected chi connectivity index (χ4v) is 2.39. The van der Waals surface area contributed by atoms with Gasteiger partial charge in [-0.05, 0) is 29.7 Å². The molecule has 0 aromatic heterocycles. The van der Waals surface area contributed by atoms with Gasteiger partial charge < -0.3 is 9.84 Å². The van der Waals surface area contributed by atoms with Gasteiger partial charge in [-0.1, -0.05) is 25.4 Å². The van der Waals surface area contributed by atoms with Crippen molar-refractivity contribution in [1.29, 1.82) is 0 Å². The average Bonchev–Trinajstić information content (AvgIpc) is 2.34. The summed E-state index contributed by atoms with van der Waals surface area (Å²) in [6, 6.07) is 2.91. The van der Waals surface area contributed by atoms with E-state index in [2.05, 4.69) is 0 Å². The van der Waals surface area contributed by atoms with Gasteiger partial charge in [0.05, 0.1) is 5.57 Å². The van der Waals surface area contributed by atoms with Crippen LogP contribution in [0.2, 0.25) is 5.02 Å². The van der Waals surface area contributed by atoms with Crippen LogP contribution in [0.3, 0.4) is 0 Å². The number of carboxylic acid groups (broad SMARTS) is 1. The first-order valence-corrected chi connectivity index (χ1v) is 6.50. The van der Waals surface area contributed by atoms with Crippen molar-refractivity contribution in [2.45, 2.75) is 32.0 Å². The van der Waals surface area contributed by atoms with E-state index >= 15 is 0 Å². The first kappa shape index (κ1) is 15.7. The van der Waals surface area contributed by atoms with Crippen molar-refractivity contribution in [2.75, 3.05) is 0 Å². The first-order valence-electron chi connectivity index (χ1n) is 6.13. The van der Waals surface area contributed by atoms with E-state index in [4.69, 9.17) is 21.4 Å². The van der Waals surface area contributed by atoms with Crippen molar-refractivity contribution in [3.8, 4) is 5.75 Å². The van der Waals surface area contributed by atoms with Gasteiger partial charge in [0.2, 0.25) is 6.10 Å². The molecule has 3 nitrogen and oxygen atoms in total. The molecule has 1 aromatic carbocycles. The van der Waals surface area contributed by atoms with Crippen molar-refractivity contribution in [3.63, 3.8) is 0 Å². The summed E-state index contributed by atoms with van der Waals surface area (Å²) in [5.74, 6) is -1.76. The van der Waals surface area contributed by atoms with Gasteiger partial charge in [0.15, 0.2) is 0 Å². The zero-order valence-electron chi connectivity index (χ0n) is 11.2. The highest BCUT2D eigenvalue weighted by Gasteiger charge is 2.48. The maximum absolute atomic E-state index is 13.0. The van der Waals surface area contributed by atoms with Crippen LogP contribution in [0, 0.1) is 0 Å². The molecule has 0 bridgehead atoms. The molecular weight excluding hydrogens is 309 g/mol. The van der Waals surface area contributed by atoms with Crippen LogP contribution < -0.4 is 4.74 Å². The Morgan fingerprint density at radius 2 is 2.00 bits per heavy atom. The Balaban J connectivity index is 2.66. The normalized spacial score (nSPS) is 18.0. The average molecular weight is 321 g/mol. The van der Waals surface area contributed by atoms with Crippen molar-refractivity contribution in [1.82, 2.24) is 0 Å². The summed E-state index contributed by atoms with van der Waals surface area (Å²) in [6.45, 7) is 3.57. The lowest BCUT2D eigenvalue weighted by atomic mass is 9.94. The molecule has 0 saturated heterocycles. The number of fused-ring (bicyclic) bond motifs is 1. The van der Waals surface area contributed by atoms with Crippen LogP contribution in [0.5, 0.6) is 5.75 Å². The van der Waals surface area contributed by atoms with Crippen LogP contribution in [0.15, 0.2) is 17.7 Å². The van der Waals surface area contributed by atoms with Crippen molar-refractivity contribution < 1.29 is 27.8 Å². The Morgan fingerprint density at radius 1 is 1.38 bits per heavy atom. The molecule has 114 valence electrons. The quantitative estimate of drug-likeness (QED) is 0.886. The molecule has 2 rings (SSSR count). The van der Waals surface area contributed by atoms with Crippen LogP contribution in [-0.2, 0) is 4.79 Å². The minimum atomic E-state index is -4.81.